The second-order valence-corrected chi connectivity index (χ2v) is 6.45. The van der Waals surface area contributed by atoms with Crippen molar-refractivity contribution >= 4 is 12.2 Å². The molecule has 142 valence electrons. The highest BCUT2D eigenvalue weighted by atomic mass is 19.1. The summed E-state index contributed by atoms with van der Waals surface area (Å²) in [5, 5.41) is 8.99. The Balaban J connectivity index is 1.43. The number of benzene rings is 2. The zero-order valence-corrected chi connectivity index (χ0v) is 15.1. The SMILES string of the molecule is O=C(O)N1CCN(Cc2ccc(/C=C/COc3ccc(F)cc3)cc2)CC1. The smallest absolute Gasteiger partial charge is 0.407 e. The quantitative estimate of drug-likeness (QED) is 0.842. The third-order valence-electron chi connectivity index (χ3n) is 4.50. The van der Waals surface area contributed by atoms with E-state index in [4.69, 9.17) is 9.84 Å². The fraction of sp³-hybridized carbons (Fsp3) is 0.286. The summed E-state index contributed by atoms with van der Waals surface area (Å²) in [7, 11) is 0. The van der Waals surface area contributed by atoms with Gasteiger partial charge in [0.05, 0.1) is 0 Å². The van der Waals surface area contributed by atoms with Gasteiger partial charge in [0, 0.05) is 32.7 Å². The van der Waals surface area contributed by atoms with Gasteiger partial charge in [-0.15, -0.1) is 0 Å². The van der Waals surface area contributed by atoms with Crippen LogP contribution < -0.4 is 4.74 Å². The average molecular weight is 370 g/mol. The second-order valence-electron chi connectivity index (χ2n) is 6.45. The van der Waals surface area contributed by atoms with Gasteiger partial charge in [-0.3, -0.25) is 4.90 Å². The Kier molecular flexibility index (Phi) is 6.44. The van der Waals surface area contributed by atoms with E-state index >= 15 is 0 Å². The van der Waals surface area contributed by atoms with Crippen LogP contribution in [0.3, 0.4) is 0 Å². The van der Waals surface area contributed by atoms with Gasteiger partial charge in [-0.05, 0) is 41.5 Å². The van der Waals surface area contributed by atoms with Gasteiger partial charge >= 0.3 is 6.09 Å². The molecule has 0 atom stereocenters. The molecule has 1 heterocycles. The van der Waals surface area contributed by atoms with E-state index in [1.165, 1.54) is 22.6 Å². The molecule has 0 saturated carbocycles. The number of ether oxygens (including phenoxy) is 1. The van der Waals surface area contributed by atoms with E-state index in [-0.39, 0.29) is 5.82 Å². The molecule has 5 nitrogen and oxygen atoms in total. The molecule has 0 aliphatic carbocycles. The van der Waals surface area contributed by atoms with Crippen molar-refractivity contribution in [2.75, 3.05) is 32.8 Å². The van der Waals surface area contributed by atoms with Gasteiger partial charge in [-0.1, -0.05) is 30.3 Å². The van der Waals surface area contributed by atoms with Crippen LogP contribution in [0.25, 0.3) is 6.08 Å². The van der Waals surface area contributed by atoms with E-state index in [9.17, 15) is 9.18 Å². The number of amides is 1. The molecule has 2 aromatic rings. The van der Waals surface area contributed by atoms with E-state index in [0.29, 0.717) is 25.4 Å². The fourth-order valence-corrected chi connectivity index (χ4v) is 2.95. The van der Waals surface area contributed by atoms with Gasteiger partial charge in [-0.25, -0.2) is 9.18 Å². The van der Waals surface area contributed by atoms with Crippen molar-refractivity contribution < 1.29 is 19.0 Å². The van der Waals surface area contributed by atoms with Gasteiger partial charge < -0.3 is 14.7 Å². The lowest BCUT2D eigenvalue weighted by Crippen LogP contribution is -2.47. The largest absolute Gasteiger partial charge is 0.490 e. The molecule has 1 saturated heterocycles. The average Bonchev–Trinajstić information content (AvgIpc) is 2.68. The van der Waals surface area contributed by atoms with Crippen molar-refractivity contribution in [1.82, 2.24) is 9.80 Å². The summed E-state index contributed by atoms with van der Waals surface area (Å²) in [5.74, 6) is 0.362. The first kappa shape index (κ1) is 18.9. The second kappa shape index (κ2) is 9.19. The molecule has 27 heavy (non-hydrogen) atoms. The molecule has 0 bridgehead atoms. The van der Waals surface area contributed by atoms with Gasteiger partial charge in [0.15, 0.2) is 0 Å². The van der Waals surface area contributed by atoms with E-state index in [2.05, 4.69) is 29.2 Å². The maximum Gasteiger partial charge on any atom is 0.407 e. The monoisotopic (exact) mass is 370 g/mol. The Labute approximate surface area is 158 Å². The molecule has 6 heteroatoms. The maximum atomic E-state index is 12.8. The van der Waals surface area contributed by atoms with Gasteiger partial charge in [0.25, 0.3) is 0 Å². The first-order chi connectivity index (χ1) is 13.1. The molecule has 0 aromatic heterocycles. The molecule has 0 unspecified atom stereocenters. The molecule has 2 aromatic carbocycles. The summed E-state index contributed by atoms with van der Waals surface area (Å²) in [4.78, 5) is 14.7. The standard InChI is InChI=1S/C21H23FN2O3/c22-19-7-9-20(10-8-19)27-15-1-2-17-3-5-18(6-4-17)16-23-11-13-24(14-12-23)21(25)26/h1-10H,11-16H2,(H,25,26)/b2-1+. The van der Waals surface area contributed by atoms with Crippen LogP contribution in [-0.2, 0) is 6.54 Å². The molecule has 1 aliphatic heterocycles. The highest BCUT2D eigenvalue weighted by Gasteiger charge is 2.20. The number of piperazine rings is 1. The Bertz CT molecular complexity index is 767. The van der Waals surface area contributed by atoms with E-state index in [1.54, 1.807) is 12.1 Å². The van der Waals surface area contributed by atoms with Gasteiger partial charge in [0.2, 0.25) is 0 Å². The van der Waals surface area contributed by atoms with E-state index in [0.717, 1.165) is 25.2 Å². The van der Waals surface area contributed by atoms with Crippen LogP contribution in [0.4, 0.5) is 9.18 Å². The first-order valence-corrected chi connectivity index (χ1v) is 8.94. The van der Waals surface area contributed by atoms with Crippen molar-refractivity contribution in [2.45, 2.75) is 6.54 Å². The molecule has 1 aliphatic rings. The van der Waals surface area contributed by atoms with Crippen molar-refractivity contribution in [3.63, 3.8) is 0 Å². The summed E-state index contributed by atoms with van der Waals surface area (Å²) in [6.45, 7) is 3.88. The third-order valence-corrected chi connectivity index (χ3v) is 4.50. The first-order valence-electron chi connectivity index (χ1n) is 8.94. The summed E-state index contributed by atoms with van der Waals surface area (Å²) in [6, 6.07) is 14.2. The lowest BCUT2D eigenvalue weighted by Gasteiger charge is -2.33. The van der Waals surface area contributed by atoms with Crippen LogP contribution in [0.2, 0.25) is 0 Å². The van der Waals surface area contributed by atoms with Crippen LogP contribution >= 0.6 is 0 Å². The summed E-state index contributed by atoms with van der Waals surface area (Å²) in [5.41, 5.74) is 2.29. The number of nitrogens with zero attached hydrogens (tertiary/aromatic N) is 2. The number of carbonyl (C=O) groups is 1. The molecule has 1 N–H and O–H groups in total. The summed E-state index contributed by atoms with van der Waals surface area (Å²) >= 11 is 0. The zero-order chi connectivity index (χ0) is 19.1. The van der Waals surface area contributed by atoms with Crippen LogP contribution in [0.15, 0.2) is 54.6 Å². The number of halogens is 1. The number of carboxylic acid groups (broad SMARTS) is 1. The summed E-state index contributed by atoms with van der Waals surface area (Å²) < 4.78 is 18.4. The molecule has 3 rings (SSSR count). The Hall–Kier alpha value is -2.86. The van der Waals surface area contributed by atoms with Crippen molar-refractivity contribution in [3.8, 4) is 5.75 Å². The Morgan fingerprint density at radius 2 is 1.70 bits per heavy atom. The number of hydrogen-bond donors (Lipinski definition) is 1. The Morgan fingerprint density at radius 1 is 1.04 bits per heavy atom. The van der Waals surface area contributed by atoms with Crippen molar-refractivity contribution in [2.24, 2.45) is 0 Å². The zero-order valence-electron chi connectivity index (χ0n) is 15.1. The highest BCUT2D eigenvalue weighted by Crippen LogP contribution is 2.13. The normalized spacial score (nSPS) is 15.2. The summed E-state index contributed by atoms with van der Waals surface area (Å²) in [6.07, 6.45) is 3.07. The minimum Gasteiger partial charge on any atom is -0.490 e. The van der Waals surface area contributed by atoms with Crippen LogP contribution in [0.5, 0.6) is 5.75 Å². The highest BCUT2D eigenvalue weighted by molar-refractivity contribution is 5.65. The third kappa shape index (κ3) is 5.82. The van der Waals surface area contributed by atoms with Crippen LogP contribution in [0, 0.1) is 5.82 Å². The van der Waals surface area contributed by atoms with Crippen molar-refractivity contribution in [1.29, 1.82) is 0 Å². The topological polar surface area (TPSA) is 53.0 Å². The lowest BCUT2D eigenvalue weighted by atomic mass is 10.1. The van der Waals surface area contributed by atoms with Gasteiger partial charge in [0.1, 0.15) is 18.2 Å². The Morgan fingerprint density at radius 3 is 2.33 bits per heavy atom. The number of hydrogen-bond acceptors (Lipinski definition) is 3. The lowest BCUT2D eigenvalue weighted by molar-refractivity contribution is 0.103. The van der Waals surface area contributed by atoms with E-state index < -0.39 is 6.09 Å². The molecular weight excluding hydrogens is 347 g/mol. The predicted octanol–water partition coefficient (Wildman–Crippen LogP) is 3.71. The molecule has 1 amide bonds. The van der Waals surface area contributed by atoms with Crippen LogP contribution in [-0.4, -0.2) is 53.8 Å². The van der Waals surface area contributed by atoms with Crippen molar-refractivity contribution in [3.05, 3.63) is 71.6 Å². The molecule has 0 radical (unpaired) electrons. The molecule has 1 fully saturated rings. The predicted molar refractivity (Wildman–Crippen MR) is 102 cm³/mol. The minimum absolute atomic E-state index is 0.276. The van der Waals surface area contributed by atoms with E-state index in [1.807, 2.05) is 12.2 Å². The van der Waals surface area contributed by atoms with Crippen LogP contribution in [0.1, 0.15) is 11.1 Å². The minimum atomic E-state index is -0.839. The number of rotatable bonds is 6. The van der Waals surface area contributed by atoms with Gasteiger partial charge in [-0.2, -0.15) is 0 Å². The fourth-order valence-electron chi connectivity index (χ4n) is 2.95. The maximum absolute atomic E-state index is 12.8. The molecular formula is C21H23FN2O3. The molecule has 0 spiro atoms.